The van der Waals surface area contributed by atoms with Crippen LogP contribution in [-0.4, -0.2) is 43.9 Å². The first kappa shape index (κ1) is 17.4. The number of carbonyl (C=O) groups is 1. The van der Waals surface area contributed by atoms with Gasteiger partial charge < -0.3 is 15.8 Å². The summed E-state index contributed by atoms with van der Waals surface area (Å²) in [5.74, 6) is -1.50. The van der Waals surface area contributed by atoms with Gasteiger partial charge in [-0.05, 0) is 0 Å². The molecule has 1 unspecified atom stereocenters. The molecule has 9 heteroatoms. The molecule has 0 heterocycles. The van der Waals surface area contributed by atoms with Gasteiger partial charge in [0.15, 0.2) is 6.10 Å². The van der Waals surface area contributed by atoms with Gasteiger partial charge in [0.25, 0.3) is 0 Å². The Kier molecular flexibility index (Phi) is 9.56. The quantitative estimate of drug-likeness (QED) is 0.361. The van der Waals surface area contributed by atoms with E-state index in [1.54, 1.807) is 0 Å². The van der Waals surface area contributed by atoms with Crippen LogP contribution in [0.2, 0.25) is 0 Å². The van der Waals surface area contributed by atoms with Gasteiger partial charge in [0.2, 0.25) is 0 Å². The number of hydrogen-bond donors (Lipinski definition) is 2. The maximum atomic E-state index is 10.7. The fraction of sp³-hybridized carbons (Fsp3) is 0.500. The van der Waals surface area contributed by atoms with Crippen LogP contribution in [0.25, 0.3) is 0 Å². The Labute approximate surface area is 111 Å². The van der Waals surface area contributed by atoms with Crippen molar-refractivity contribution in [2.45, 2.75) is 6.10 Å². The molecule has 1 atom stereocenters. The van der Waals surface area contributed by atoms with Crippen LogP contribution >= 0.6 is 0 Å². The van der Waals surface area contributed by atoms with Crippen molar-refractivity contribution >= 4 is 16.4 Å². The van der Waals surface area contributed by atoms with Crippen molar-refractivity contribution in [3.63, 3.8) is 0 Å². The van der Waals surface area contributed by atoms with Crippen molar-refractivity contribution < 1.29 is 62.8 Å². The average Bonchev–Trinajstić information content (AvgIpc) is 2.12. The molecule has 0 saturated carbocycles. The molecule has 0 bridgehead atoms. The van der Waals surface area contributed by atoms with Gasteiger partial charge >= 0.3 is 45.9 Å². The smallest absolute Gasteiger partial charge is 1.00 e. The second kappa shape index (κ2) is 8.22. The van der Waals surface area contributed by atoms with Crippen LogP contribution < -0.4 is 29.6 Å². The molecule has 0 fully saturated rings. The molecule has 84 valence electrons. The van der Waals surface area contributed by atoms with Gasteiger partial charge in [0.1, 0.15) is 0 Å². The summed E-state index contributed by atoms with van der Waals surface area (Å²) in [6, 6.07) is 0. The Bertz CT molecular complexity index is 304. The Morgan fingerprint density at radius 3 is 2.53 bits per heavy atom. The summed E-state index contributed by atoms with van der Waals surface area (Å²) in [4.78, 5) is 10.6. The van der Waals surface area contributed by atoms with Crippen molar-refractivity contribution in [3.05, 3.63) is 12.7 Å². The summed E-state index contributed by atoms with van der Waals surface area (Å²) in [6.07, 6.45) is -0.773. The summed E-state index contributed by atoms with van der Waals surface area (Å²) in [6.45, 7) is 1.88. The predicted octanol–water partition coefficient (Wildman–Crippen LogP) is -4.55. The van der Waals surface area contributed by atoms with Crippen LogP contribution in [0.4, 0.5) is 0 Å². The zero-order valence-electron chi connectivity index (χ0n) is 9.12. The molecule has 0 amide bonds. The topological polar surface area (TPSA) is 110 Å². The molecule has 0 aliphatic heterocycles. The largest absolute Gasteiger partial charge is 1.00 e. The fourth-order valence-corrected chi connectivity index (χ4v) is 1.01. The standard InChI is InChI=1S/C6H10O7S.Na.H/c1-2-3-12-14(10,11)13-6(9)5(8)4-7;;/h2,5,7-8H,1,3-4H2;;/q;+1;-1. The SMILES string of the molecule is C=CCOS(=O)(=O)OC(=O)C(O)CO.[H-].[Na+]. The van der Waals surface area contributed by atoms with Crippen LogP contribution in [0.3, 0.4) is 0 Å². The second-order valence-corrected chi connectivity index (χ2v) is 3.30. The zero-order chi connectivity index (χ0) is 11.2. The first-order chi connectivity index (χ1) is 6.43. The van der Waals surface area contributed by atoms with Crippen molar-refractivity contribution in [1.29, 1.82) is 0 Å². The summed E-state index contributed by atoms with van der Waals surface area (Å²) < 4.78 is 29.2. The van der Waals surface area contributed by atoms with Gasteiger partial charge in [-0.1, -0.05) is 6.08 Å². The molecule has 15 heavy (non-hydrogen) atoms. The first-order valence-corrected chi connectivity index (χ1v) is 4.78. The van der Waals surface area contributed by atoms with Crippen LogP contribution in [0.1, 0.15) is 1.43 Å². The van der Waals surface area contributed by atoms with E-state index >= 15 is 0 Å². The minimum absolute atomic E-state index is 0. The minimum atomic E-state index is -4.49. The number of rotatable bonds is 6. The molecule has 2 N–H and O–H groups in total. The van der Waals surface area contributed by atoms with Crippen LogP contribution in [0.15, 0.2) is 12.7 Å². The number of hydrogen-bond acceptors (Lipinski definition) is 7. The molecule has 7 nitrogen and oxygen atoms in total. The molecule has 0 aliphatic carbocycles. The molecule has 0 aromatic carbocycles. The van der Waals surface area contributed by atoms with Gasteiger partial charge in [0, 0.05) is 0 Å². The van der Waals surface area contributed by atoms with E-state index in [4.69, 9.17) is 10.2 Å². The molecule has 0 saturated heterocycles. The Hall–Kier alpha value is 0.0400. The third-order valence-corrected chi connectivity index (χ3v) is 1.75. The number of aliphatic hydroxyl groups excluding tert-OH is 2. The number of carbonyl (C=O) groups excluding carboxylic acids is 1. The van der Waals surface area contributed by atoms with E-state index in [9.17, 15) is 13.2 Å². The summed E-state index contributed by atoms with van der Waals surface area (Å²) in [5.41, 5.74) is 0. The molecule has 0 radical (unpaired) electrons. The summed E-state index contributed by atoms with van der Waals surface area (Å²) in [7, 11) is -4.49. The maximum Gasteiger partial charge on any atom is 1.00 e. The van der Waals surface area contributed by atoms with Crippen molar-refractivity contribution in [2.24, 2.45) is 0 Å². The second-order valence-electron chi connectivity index (χ2n) is 2.08. The van der Waals surface area contributed by atoms with Crippen LogP contribution in [0, 0.1) is 0 Å². The molecule has 0 rings (SSSR count). The van der Waals surface area contributed by atoms with Crippen molar-refractivity contribution in [1.82, 2.24) is 0 Å². The van der Waals surface area contributed by atoms with Crippen LogP contribution in [-0.2, 0) is 23.6 Å². The van der Waals surface area contributed by atoms with Crippen molar-refractivity contribution in [2.75, 3.05) is 13.2 Å². The Balaban J connectivity index is -0.000000845. The third-order valence-electron chi connectivity index (χ3n) is 0.959. The Morgan fingerprint density at radius 2 is 2.13 bits per heavy atom. The van der Waals surface area contributed by atoms with Gasteiger partial charge in [-0.15, -0.1) is 6.58 Å². The predicted molar refractivity (Wildman–Crippen MR) is 45.4 cm³/mol. The van der Waals surface area contributed by atoms with E-state index < -0.39 is 29.1 Å². The molecule has 0 aliphatic rings. The number of aliphatic hydroxyl groups is 2. The summed E-state index contributed by atoms with van der Waals surface area (Å²) >= 11 is 0. The van der Waals surface area contributed by atoms with Crippen molar-refractivity contribution in [3.8, 4) is 0 Å². The monoisotopic (exact) mass is 250 g/mol. The van der Waals surface area contributed by atoms with E-state index in [1.165, 1.54) is 0 Å². The third kappa shape index (κ3) is 7.91. The molecule has 0 aromatic heterocycles. The normalized spacial score (nSPS) is 12.4. The van der Waals surface area contributed by atoms with E-state index in [0.717, 1.165) is 6.08 Å². The van der Waals surface area contributed by atoms with E-state index in [1.807, 2.05) is 0 Å². The maximum absolute atomic E-state index is 10.7. The van der Waals surface area contributed by atoms with Gasteiger partial charge in [-0.2, -0.15) is 8.42 Å². The van der Waals surface area contributed by atoms with Gasteiger partial charge in [0.05, 0.1) is 13.2 Å². The summed E-state index contributed by atoms with van der Waals surface area (Å²) in [5, 5.41) is 16.9. The zero-order valence-corrected chi connectivity index (χ0v) is 10.9. The van der Waals surface area contributed by atoms with E-state index in [0.29, 0.717) is 0 Å². The molecule has 0 aromatic rings. The first-order valence-electron chi connectivity index (χ1n) is 3.45. The Morgan fingerprint density at radius 1 is 1.60 bits per heavy atom. The van der Waals surface area contributed by atoms with Gasteiger partial charge in [-0.3, -0.25) is 0 Å². The van der Waals surface area contributed by atoms with Crippen LogP contribution in [0.5, 0.6) is 0 Å². The molecular formula is C6H11NaO7S. The molecular weight excluding hydrogens is 239 g/mol. The van der Waals surface area contributed by atoms with Gasteiger partial charge in [-0.25, -0.2) is 8.98 Å². The van der Waals surface area contributed by atoms with E-state index in [2.05, 4.69) is 14.9 Å². The fourth-order valence-electron chi connectivity index (χ4n) is 0.386. The minimum Gasteiger partial charge on any atom is -1.00 e. The molecule has 0 spiro atoms. The van der Waals surface area contributed by atoms with E-state index in [-0.39, 0.29) is 37.6 Å². The average molecular weight is 250 g/mol.